The van der Waals surface area contributed by atoms with Crippen LogP contribution in [0.15, 0.2) is 23.8 Å². The monoisotopic (exact) mass is 465 g/mol. The van der Waals surface area contributed by atoms with Gasteiger partial charge >= 0.3 is 0 Å². The number of amides is 1. The number of rotatable bonds is 10. The number of anilines is 3. The van der Waals surface area contributed by atoms with Crippen LogP contribution in [0.25, 0.3) is 10.2 Å². The van der Waals surface area contributed by atoms with Gasteiger partial charge in [0.2, 0.25) is 0 Å². The summed E-state index contributed by atoms with van der Waals surface area (Å²) in [5, 5.41) is 7.33. The maximum atomic E-state index is 14.8. The summed E-state index contributed by atoms with van der Waals surface area (Å²) in [5.74, 6) is -0.907. The van der Waals surface area contributed by atoms with E-state index in [2.05, 4.69) is 39.2 Å². The lowest BCUT2D eigenvalue weighted by Gasteiger charge is -2.13. The number of aromatic nitrogens is 2. The Kier molecular flexibility index (Phi) is 8.03. The van der Waals surface area contributed by atoms with Gasteiger partial charge in [0, 0.05) is 17.2 Å². The van der Waals surface area contributed by atoms with Crippen molar-refractivity contribution in [3.05, 3.63) is 41.0 Å². The van der Waals surface area contributed by atoms with E-state index in [9.17, 15) is 13.6 Å². The van der Waals surface area contributed by atoms with Crippen LogP contribution in [0.1, 0.15) is 50.4 Å². The maximum Gasteiger partial charge on any atom is 0.258 e. The van der Waals surface area contributed by atoms with E-state index >= 15 is 0 Å². The standard InChI is InChI=1S/C21H25F2N5OS2/c1-4-6-12(3)26-20-19-17(24-11-25-20)13(10-30-19)21(29)27-18-14(22)7-8-15(16(18)23)28-31-9-5-2/h7-8,10-12,28H,4-6,9H2,1-3H3,(H,27,29)(H,24,25,26). The van der Waals surface area contributed by atoms with Gasteiger partial charge in [0.25, 0.3) is 5.91 Å². The van der Waals surface area contributed by atoms with Crippen LogP contribution in [0.5, 0.6) is 0 Å². The minimum Gasteiger partial charge on any atom is -0.366 e. The van der Waals surface area contributed by atoms with Crippen molar-refractivity contribution in [2.45, 2.75) is 46.1 Å². The first-order chi connectivity index (χ1) is 15.0. The SMILES string of the molecule is CCCSNc1ccc(F)c(NC(=O)c2csc3c(NC(C)CCC)ncnc23)c1F. The molecule has 1 unspecified atom stereocenters. The van der Waals surface area contributed by atoms with Crippen molar-refractivity contribution in [1.82, 2.24) is 9.97 Å². The minimum absolute atomic E-state index is 0.115. The fourth-order valence-electron chi connectivity index (χ4n) is 3.01. The lowest BCUT2D eigenvalue weighted by molar-refractivity contribution is 0.102. The highest BCUT2D eigenvalue weighted by atomic mass is 32.2. The Morgan fingerprint density at radius 3 is 2.77 bits per heavy atom. The summed E-state index contributed by atoms with van der Waals surface area (Å²) in [6, 6.07) is 2.65. The molecule has 0 aliphatic carbocycles. The molecule has 10 heteroatoms. The molecule has 0 radical (unpaired) electrons. The van der Waals surface area contributed by atoms with Crippen molar-refractivity contribution in [3.63, 3.8) is 0 Å². The first-order valence-electron chi connectivity index (χ1n) is 10.1. The van der Waals surface area contributed by atoms with E-state index < -0.39 is 23.2 Å². The van der Waals surface area contributed by atoms with Gasteiger partial charge in [-0.05, 0) is 31.9 Å². The molecular weight excluding hydrogens is 440 g/mol. The van der Waals surface area contributed by atoms with E-state index in [4.69, 9.17) is 0 Å². The van der Waals surface area contributed by atoms with Crippen LogP contribution in [-0.2, 0) is 0 Å². The van der Waals surface area contributed by atoms with E-state index in [1.165, 1.54) is 35.7 Å². The Hall–Kier alpha value is -2.46. The maximum absolute atomic E-state index is 14.8. The van der Waals surface area contributed by atoms with Crippen molar-refractivity contribution >= 4 is 56.6 Å². The van der Waals surface area contributed by atoms with Gasteiger partial charge in [-0.1, -0.05) is 32.2 Å². The van der Waals surface area contributed by atoms with E-state index in [1.54, 1.807) is 5.38 Å². The second-order valence-corrected chi connectivity index (χ2v) is 8.85. The fourth-order valence-corrected chi connectivity index (χ4v) is 4.58. The molecule has 166 valence electrons. The summed E-state index contributed by atoms with van der Waals surface area (Å²) in [5.41, 5.74) is 0.308. The average molecular weight is 466 g/mol. The number of nitrogens with one attached hydrogen (secondary N) is 3. The molecule has 0 saturated heterocycles. The molecular formula is C21H25F2N5OS2. The topological polar surface area (TPSA) is 78.9 Å². The molecule has 1 aromatic carbocycles. The average Bonchev–Trinajstić information content (AvgIpc) is 3.18. The zero-order chi connectivity index (χ0) is 22.4. The van der Waals surface area contributed by atoms with Gasteiger partial charge in [0.05, 0.1) is 21.5 Å². The smallest absolute Gasteiger partial charge is 0.258 e. The molecule has 1 atom stereocenters. The largest absolute Gasteiger partial charge is 0.366 e. The molecule has 3 rings (SSSR count). The van der Waals surface area contributed by atoms with Crippen LogP contribution < -0.4 is 15.4 Å². The molecule has 2 heterocycles. The number of halogens is 2. The Morgan fingerprint density at radius 2 is 2.03 bits per heavy atom. The number of carbonyl (C=O) groups excluding carboxylic acids is 1. The second kappa shape index (κ2) is 10.7. The predicted octanol–water partition coefficient (Wildman–Crippen LogP) is 6.29. The molecule has 0 saturated carbocycles. The van der Waals surface area contributed by atoms with Gasteiger partial charge in [0.1, 0.15) is 23.6 Å². The van der Waals surface area contributed by atoms with Crippen molar-refractivity contribution in [3.8, 4) is 0 Å². The van der Waals surface area contributed by atoms with E-state index in [0.717, 1.165) is 35.8 Å². The van der Waals surface area contributed by atoms with Gasteiger partial charge in [0.15, 0.2) is 5.82 Å². The molecule has 3 aromatic rings. The highest BCUT2D eigenvalue weighted by Crippen LogP contribution is 2.32. The first kappa shape index (κ1) is 23.2. The normalized spacial score (nSPS) is 12.0. The Balaban J connectivity index is 1.85. The lowest BCUT2D eigenvalue weighted by Crippen LogP contribution is -2.16. The Morgan fingerprint density at radius 1 is 1.23 bits per heavy atom. The Bertz CT molecular complexity index is 1060. The minimum atomic E-state index is -0.846. The predicted molar refractivity (Wildman–Crippen MR) is 126 cm³/mol. The summed E-state index contributed by atoms with van der Waals surface area (Å²) in [7, 11) is 0. The molecule has 31 heavy (non-hydrogen) atoms. The van der Waals surface area contributed by atoms with Crippen LogP contribution >= 0.6 is 23.3 Å². The number of hydrogen-bond donors (Lipinski definition) is 3. The molecule has 1 amide bonds. The molecule has 0 aliphatic heterocycles. The summed E-state index contributed by atoms with van der Waals surface area (Å²) in [6.07, 6.45) is 4.29. The molecule has 0 bridgehead atoms. The highest BCUT2D eigenvalue weighted by molar-refractivity contribution is 8.00. The Labute approximate surface area is 188 Å². The molecule has 0 spiro atoms. The summed E-state index contributed by atoms with van der Waals surface area (Å²) in [4.78, 5) is 21.4. The van der Waals surface area contributed by atoms with E-state index in [0.29, 0.717) is 11.3 Å². The molecule has 0 aliphatic rings. The third kappa shape index (κ3) is 5.43. The van der Waals surface area contributed by atoms with Gasteiger partial charge in [-0.15, -0.1) is 11.3 Å². The molecule has 2 aromatic heterocycles. The van der Waals surface area contributed by atoms with Crippen LogP contribution in [0, 0.1) is 11.6 Å². The molecule has 0 fully saturated rings. The van der Waals surface area contributed by atoms with Gasteiger partial charge in [-0.25, -0.2) is 18.7 Å². The van der Waals surface area contributed by atoms with Crippen molar-refractivity contribution in [2.24, 2.45) is 0 Å². The highest BCUT2D eigenvalue weighted by Gasteiger charge is 2.21. The quantitative estimate of drug-likeness (QED) is 0.241. The van der Waals surface area contributed by atoms with Gasteiger partial charge in [-0.3, -0.25) is 4.79 Å². The van der Waals surface area contributed by atoms with Crippen LogP contribution in [-0.4, -0.2) is 27.7 Å². The molecule has 3 N–H and O–H groups in total. The fraction of sp³-hybridized carbons (Fsp3) is 0.381. The van der Waals surface area contributed by atoms with Crippen molar-refractivity contribution in [2.75, 3.05) is 21.1 Å². The van der Waals surface area contributed by atoms with E-state index in [-0.39, 0.29) is 17.3 Å². The second-order valence-electron chi connectivity index (χ2n) is 7.07. The number of hydrogen-bond acceptors (Lipinski definition) is 7. The zero-order valence-corrected chi connectivity index (χ0v) is 19.2. The summed E-state index contributed by atoms with van der Waals surface area (Å²) < 4.78 is 32.7. The van der Waals surface area contributed by atoms with Gasteiger partial charge in [-0.2, -0.15) is 0 Å². The third-order valence-electron chi connectivity index (χ3n) is 4.52. The van der Waals surface area contributed by atoms with Crippen molar-refractivity contribution in [1.29, 1.82) is 0 Å². The first-order valence-corrected chi connectivity index (χ1v) is 12.0. The number of thiophene rings is 1. The summed E-state index contributed by atoms with van der Waals surface area (Å²) in [6.45, 7) is 6.16. The van der Waals surface area contributed by atoms with Gasteiger partial charge < -0.3 is 15.4 Å². The lowest BCUT2D eigenvalue weighted by atomic mass is 10.2. The van der Waals surface area contributed by atoms with Crippen LogP contribution in [0.4, 0.5) is 26.0 Å². The summed E-state index contributed by atoms with van der Waals surface area (Å²) >= 11 is 2.63. The molecule has 6 nitrogen and oxygen atoms in total. The number of carbonyl (C=O) groups is 1. The van der Waals surface area contributed by atoms with Crippen LogP contribution in [0.3, 0.4) is 0 Å². The number of fused-ring (bicyclic) bond motifs is 1. The van der Waals surface area contributed by atoms with Crippen molar-refractivity contribution < 1.29 is 13.6 Å². The van der Waals surface area contributed by atoms with E-state index in [1.807, 2.05) is 6.92 Å². The number of nitrogens with zero attached hydrogens (tertiary/aromatic N) is 2. The third-order valence-corrected chi connectivity index (χ3v) is 6.47. The van der Waals surface area contributed by atoms with Crippen LogP contribution in [0.2, 0.25) is 0 Å². The zero-order valence-electron chi connectivity index (χ0n) is 17.6. The number of benzene rings is 1.